The second-order valence-electron chi connectivity index (χ2n) is 8.59. The molecule has 0 saturated heterocycles. The average molecular weight is 427 g/mol. The monoisotopic (exact) mass is 426 g/mol. The summed E-state index contributed by atoms with van der Waals surface area (Å²) in [7, 11) is 1.60. The lowest BCUT2D eigenvalue weighted by molar-refractivity contribution is -0.143. The number of hydrogen-bond donors (Lipinski definition) is 1. The van der Waals surface area contributed by atoms with Gasteiger partial charge in [0.15, 0.2) is 6.61 Å². The van der Waals surface area contributed by atoms with E-state index in [1.54, 1.807) is 12.0 Å². The number of aryl methyl sites for hydroxylation is 1. The van der Waals surface area contributed by atoms with Crippen molar-refractivity contribution in [2.24, 2.45) is 0 Å². The molecule has 6 nitrogen and oxygen atoms in total. The molecule has 31 heavy (non-hydrogen) atoms. The number of para-hydroxylation sites is 1. The fourth-order valence-electron chi connectivity index (χ4n) is 3.28. The number of benzene rings is 2. The molecule has 2 aromatic carbocycles. The topological polar surface area (TPSA) is 67.9 Å². The molecule has 2 amide bonds. The lowest BCUT2D eigenvalue weighted by Crippen LogP contribution is -2.54. The van der Waals surface area contributed by atoms with E-state index in [0.717, 1.165) is 11.1 Å². The molecule has 0 spiro atoms. The van der Waals surface area contributed by atoms with Gasteiger partial charge in [-0.3, -0.25) is 9.59 Å². The summed E-state index contributed by atoms with van der Waals surface area (Å²) in [4.78, 5) is 27.8. The lowest BCUT2D eigenvalue weighted by atomic mass is 10.1. The second-order valence-corrected chi connectivity index (χ2v) is 8.59. The third kappa shape index (κ3) is 7.31. The van der Waals surface area contributed by atoms with Crippen molar-refractivity contribution in [2.75, 3.05) is 13.7 Å². The SMILES string of the molecule is CCC(C(=O)NC(C)(C)C)N(Cc1cccc(OC)c1)C(=O)COc1ccccc1C. The van der Waals surface area contributed by atoms with Gasteiger partial charge < -0.3 is 19.7 Å². The van der Waals surface area contributed by atoms with Gasteiger partial charge in [0.1, 0.15) is 17.5 Å². The maximum absolute atomic E-state index is 13.2. The van der Waals surface area contributed by atoms with E-state index >= 15 is 0 Å². The Morgan fingerprint density at radius 1 is 1.10 bits per heavy atom. The first-order valence-electron chi connectivity index (χ1n) is 10.6. The minimum atomic E-state index is -0.613. The summed E-state index contributed by atoms with van der Waals surface area (Å²) >= 11 is 0. The molecular weight excluding hydrogens is 392 g/mol. The molecule has 0 fully saturated rings. The molecule has 0 aliphatic rings. The van der Waals surface area contributed by atoms with Crippen molar-refractivity contribution in [3.05, 3.63) is 59.7 Å². The van der Waals surface area contributed by atoms with E-state index in [0.29, 0.717) is 17.9 Å². The predicted molar refractivity (Wildman–Crippen MR) is 122 cm³/mol. The number of nitrogens with zero attached hydrogens (tertiary/aromatic N) is 1. The van der Waals surface area contributed by atoms with Crippen LogP contribution in [0.3, 0.4) is 0 Å². The maximum atomic E-state index is 13.2. The molecule has 0 heterocycles. The van der Waals surface area contributed by atoms with E-state index in [1.165, 1.54) is 0 Å². The molecule has 0 aliphatic carbocycles. The molecule has 1 unspecified atom stereocenters. The van der Waals surface area contributed by atoms with Gasteiger partial charge in [0.05, 0.1) is 7.11 Å². The fourth-order valence-corrected chi connectivity index (χ4v) is 3.28. The summed E-state index contributed by atoms with van der Waals surface area (Å²) in [6.07, 6.45) is 0.488. The van der Waals surface area contributed by atoms with Gasteiger partial charge in [0.25, 0.3) is 5.91 Å². The Morgan fingerprint density at radius 3 is 2.42 bits per heavy atom. The van der Waals surface area contributed by atoms with Gasteiger partial charge in [-0.2, -0.15) is 0 Å². The number of methoxy groups -OCH3 is 1. The van der Waals surface area contributed by atoms with Gasteiger partial charge >= 0.3 is 0 Å². The zero-order valence-electron chi connectivity index (χ0n) is 19.4. The molecule has 0 radical (unpaired) electrons. The highest BCUT2D eigenvalue weighted by molar-refractivity contribution is 5.88. The summed E-state index contributed by atoms with van der Waals surface area (Å²) in [6.45, 7) is 9.74. The van der Waals surface area contributed by atoms with Crippen molar-refractivity contribution in [3.63, 3.8) is 0 Å². The second kappa shape index (κ2) is 10.8. The highest BCUT2D eigenvalue weighted by atomic mass is 16.5. The molecule has 0 saturated carbocycles. The molecular formula is C25H34N2O4. The first kappa shape index (κ1) is 24.3. The standard InChI is InChI=1S/C25H34N2O4/c1-7-21(24(29)26-25(3,4)5)27(16-19-12-10-13-20(15-19)30-6)23(28)17-31-22-14-9-8-11-18(22)2/h8-15,21H,7,16-17H2,1-6H3,(H,26,29). The number of nitrogens with one attached hydrogen (secondary N) is 1. The Hall–Kier alpha value is -3.02. The van der Waals surface area contributed by atoms with Crippen molar-refractivity contribution in [1.82, 2.24) is 10.2 Å². The minimum absolute atomic E-state index is 0.145. The van der Waals surface area contributed by atoms with Crippen LogP contribution < -0.4 is 14.8 Å². The van der Waals surface area contributed by atoms with Crippen LogP contribution in [0.15, 0.2) is 48.5 Å². The number of hydrogen-bond acceptors (Lipinski definition) is 4. The number of carbonyl (C=O) groups excluding carboxylic acids is 2. The van der Waals surface area contributed by atoms with Crippen molar-refractivity contribution in [1.29, 1.82) is 0 Å². The Morgan fingerprint density at radius 2 is 1.81 bits per heavy atom. The summed E-state index contributed by atoms with van der Waals surface area (Å²) in [5.41, 5.74) is 1.44. The van der Waals surface area contributed by atoms with Crippen LogP contribution in [-0.2, 0) is 16.1 Å². The van der Waals surface area contributed by atoms with Crippen LogP contribution in [0.5, 0.6) is 11.5 Å². The van der Waals surface area contributed by atoms with Crippen LogP contribution in [-0.4, -0.2) is 42.0 Å². The highest BCUT2D eigenvalue weighted by Gasteiger charge is 2.31. The molecule has 6 heteroatoms. The van der Waals surface area contributed by atoms with Crippen molar-refractivity contribution in [2.45, 2.75) is 59.2 Å². The van der Waals surface area contributed by atoms with Gasteiger partial charge in [-0.05, 0) is 63.4 Å². The first-order valence-corrected chi connectivity index (χ1v) is 10.6. The first-order chi connectivity index (χ1) is 14.6. The van der Waals surface area contributed by atoms with Crippen LogP contribution in [0, 0.1) is 6.92 Å². The Balaban J connectivity index is 2.27. The quantitative estimate of drug-likeness (QED) is 0.655. The molecule has 0 aliphatic heterocycles. The Bertz CT molecular complexity index is 889. The summed E-state index contributed by atoms with van der Waals surface area (Å²) in [5.74, 6) is 0.932. The highest BCUT2D eigenvalue weighted by Crippen LogP contribution is 2.20. The van der Waals surface area contributed by atoms with Crippen LogP contribution in [0.4, 0.5) is 0 Å². The van der Waals surface area contributed by atoms with E-state index in [9.17, 15) is 9.59 Å². The normalized spacial score (nSPS) is 12.1. The Kier molecular flexibility index (Phi) is 8.48. The van der Waals surface area contributed by atoms with E-state index in [2.05, 4.69) is 5.32 Å². The Labute approximate surface area is 185 Å². The van der Waals surface area contributed by atoms with E-state index in [-0.39, 0.29) is 25.0 Å². The van der Waals surface area contributed by atoms with Crippen LogP contribution in [0.2, 0.25) is 0 Å². The van der Waals surface area contributed by atoms with Crippen molar-refractivity contribution >= 4 is 11.8 Å². The van der Waals surface area contributed by atoms with Crippen LogP contribution >= 0.6 is 0 Å². The number of amides is 2. The smallest absolute Gasteiger partial charge is 0.261 e. The summed E-state index contributed by atoms with van der Waals surface area (Å²) < 4.78 is 11.1. The predicted octanol–water partition coefficient (Wildman–Crippen LogP) is 4.10. The van der Waals surface area contributed by atoms with Gasteiger partial charge in [-0.25, -0.2) is 0 Å². The maximum Gasteiger partial charge on any atom is 0.261 e. The van der Waals surface area contributed by atoms with E-state index in [4.69, 9.17) is 9.47 Å². The van der Waals surface area contributed by atoms with Gasteiger partial charge in [0.2, 0.25) is 5.91 Å². The molecule has 2 rings (SSSR count). The zero-order chi connectivity index (χ0) is 23.0. The third-order valence-electron chi connectivity index (χ3n) is 4.82. The van der Waals surface area contributed by atoms with E-state index in [1.807, 2.05) is 83.1 Å². The minimum Gasteiger partial charge on any atom is -0.497 e. The molecule has 2 aromatic rings. The van der Waals surface area contributed by atoms with Crippen LogP contribution in [0.25, 0.3) is 0 Å². The van der Waals surface area contributed by atoms with Crippen molar-refractivity contribution in [3.8, 4) is 11.5 Å². The van der Waals surface area contributed by atoms with Crippen LogP contribution in [0.1, 0.15) is 45.2 Å². The number of rotatable bonds is 9. The fraction of sp³-hybridized carbons (Fsp3) is 0.440. The van der Waals surface area contributed by atoms with Gasteiger partial charge in [-0.1, -0.05) is 37.3 Å². The molecule has 1 N–H and O–H groups in total. The number of ether oxygens (including phenoxy) is 2. The average Bonchev–Trinajstić information content (AvgIpc) is 2.71. The molecule has 0 aromatic heterocycles. The number of carbonyl (C=O) groups is 2. The van der Waals surface area contributed by atoms with Crippen molar-refractivity contribution < 1.29 is 19.1 Å². The molecule has 168 valence electrons. The zero-order valence-corrected chi connectivity index (χ0v) is 19.4. The largest absolute Gasteiger partial charge is 0.497 e. The van der Waals surface area contributed by atoms with Gasteiger partial charge in [0, 0.05) is 12.1 Å². The summed E-state index contributed by atoms with van der Waals surface area (Å²) in [6, 6.07) is 14.4. The lowest BCUT2D eigenvalue weighted by Gasteiger charge is -2.33. The van der Waals surface area contributed by atoms with E-state index < -0.39 is 11.6 Å². The molecule has 1 atom stereocenters. The third-order valence-corrected chi connectivity index (χ3v) is 4.82. The summed E-state index contributed by atoms with van der Waals surface area (Å²) in [5, 5.41) is 3.00. The van der Waals surface area contributed by atoms with Gasteiger partial charge in [-0.15, -0.1) is 0 Å². The molecule has 0 bridgehead atoms.